The minimum absolute atomic E-state index is 0.0965. The molecule has 0 spiro atoms. The zero-order valence-electron chi connectivity index (χ0n) is 19.1. The van der Waals surface area contributed by atoms with E-state index in [0.717, 1.165) is 11.3 Å². The molecule has 0 radical (unpaired) electrons. The molecule has 3 heteroatoms. The average molecular weight is 428 g/mol. The van der Waals surface area contributed by atoms with E-state index in [9.17, 15) is 0 Å². The molecular weight excluding hydrogens is 388 g/mol. The van der Waals surface area contributed by atoms with Crippen molar-refractivity contribution in [3.8, 4) is 0 Å². The molecule has 1 saturated heterocycles. The second-order valence-electron chi connectivity index (χ2n) is 8.42. The molecule has 0 N–H and O–H groups in total. The molecule has 2 unspecified atom stereocenters. The fraction of sp³-hybridized carbons (Fsp3) is 0.538. The molecule has 0 aromatic heterocycles. The van der Waals surface area contributed by atoms with E-state index in [0.29, 0.717) is 0 Å². The Morgan fingerprint density at radius 2 is 1.31 bits per heavy atom. The first kappa shape index (κ1) is 22.9. The highest BCUT2D eigenvalue weighted by molar-refractivity contribution is 7.80. The number of benzene rings is 2. The van der Waals surface area contributed by atoms with Crippen molar-refractivity contribution in [1.29, 1.82) is 0 Å². The summed E-state index contributed by atoms with van der Waals surface area (Å²) in [5.74, 6) is 0. The Bertz CT molecular complexity index is 717. The maximum Gasteiger partial charge on any atom is 0.0323 e. The van der Waals surface area contributed by atoms with Gasteiger partial charge in [0.05, 0.1) is 0 Å². The van der Waals surface area contributed by atoms with Gasteiger partial charge in [-0.2, -0.15) is 0 Å². The second kappa shape index (κ2) is 11.0. The van der Waals surface area contributed by atoms with Gasteiger partial charge in [-0.3, -0.25) is 4.44 Å². The minimum Gasteiger partial charge on any atom is -0.252 e. The summed E-state index contributed by atoms with van der Waals surface area (Å²) >= 11 is 0. The number of hydrogen-bond donors (Lipinski definition) is 0. The van der Waals surface area contributed by atoms with Crippen molar-refractivity contribution in [2.24, 2.45) is 0 Å². The fourth-order valence-electron chi connectivity index (χ4n) is 4.71. The smallest absolute Gasteiger partial charge is 0.0323 e. The summed E-state index contributed by atoms with van der Waals surface area (Å²) in [6.07, 6.45) is 8.15. The van der Waals surface area contributed by atoms with Gasteiger partial charge in [-0.1, -0.05) is 75.7 Å². The van der Waals surface area contributed by atoms with Crippen LogP contribution in [0.4, 0.5) is 0 Å². The van der Waals surface area contributed by atoms with Crippen LogP contribution in [0.5, 0.6) is 0 Å². The maximum atomic E-state index is 3.06. The van der Waals surface area contributed by atoms with Crippen molar-refractivity contribution < 1.29 is 0 Å². The highest BCUT2D eigenvalue weighted by atomic mass is 31.2. The Hall–Kier alpha value is -0.740. The predicted octanol–water partition coefficient (Wildman–Crippen LogP) is 7.50. The Kier molecular flexibility index (Phi) is 8.73. The third-order valence-electron chi connectivity index (χ3n) is 6.42. The van der Waals surface area contributed by atoms with E-state index in [4.69, 9.17) is 0 Å². The predicted molar refractivity (Wildman–Crippen MR) is 134 cm³/mol. The lowest BCUT2D eigenvalue weighted by Crippen LogP contribution is -2.31. The molecule has 3 rings (SSSR count). The van der Waals surface area contributed by atoms with Gasteiger partial charge in [0.15, 0.2) is 0 Å². The lowest BCUT2D eigenvalue weighted by atomic mass is 10.1. The van der Waals surface area contributed by atoms with Gasteiger partial charge in [0.25, 0.3) is 0 Å². The number of nitrogens with zero attached hydrogens (tertiary/aromatic N) is 1. The van der Waals surface area contributed by atoms with Crippen LogP contribution in [0.15, 0.2) is 48.5 Å². The van der Waals surface area contributed by atoms with Gasteiger partial charge in [-0.05, 0) is 87.1 Å². The first-order chi connectivity index (χ1) is 14.1. The van der Waals surface area contributed by atoms with Crippen molar-refractivity contribution in [1.82, 2.24) is 4.44 Å². The zero-order valence-corrected chi connectivity index (χ0v) is 20.9. The third kappa shape index (κ3) is 5.12. The number of aryl methyl sites for hydroxylation is 2. The Morgan fingerprint density at radius 3 is 1.72 bits per heavy atom. The molecule has 1 aliphatic heterocycles. The summed E-state index contributed by atoms with van der Waals surface area (Å²) in [5, 5.41) is 3.15. The normalized spacial score (nSPS) is 22.0. The van der Waals surface area contributed by atoms with E-state index in [1.54, 1.807) is 10.6 Å². The van der Waals surface area contributed by atoms with Crippen LogP contribution in [-0.4, -0.2) is 22.3 Å². The van der Waals surface area contributed by atoms with Gasteiger partial charge in [0.1, 0.15) is 0 Å². The number of hydrogen-bond acceptors (Lipinski definition) is 1. The molecular formula is C26H39NP2. The maximum absolute atomic E-state index is 3.06. The average Bonchev–Trinajstić information content (AvgIpc) is 3.16. The highest BCUT2D eigenvalue weighted by Crippen LogP contribution is 2.67. The molecule has 3 atom stereocenters. The molecule has 0 saturated carbocycles. The molecule has 1 nitrogen and oxygen atoms in total. The molecule has 0 amide bonds. The quantitative estimate of drug-likeness (QED) is 0.375. The van der Waals surface area contributed by atoms with Gasteiger partial charge < -0.3 is 0 Å². The van der Waals surface area contributed by atoms with Crippen LogP contribution in [0.1, 0.15) is 70.4 Å². The van der Waals surface area contributed by atoms with E-state index >= 15 is 0 Å². The van der Waals surface area contributed by atoms with Gasteiger partial charge in [-0.25, -0.2) is 0 Å². The molecule has 1 aliphatic rings. The van der Waals surface area contributed by atoms with Gasteiger partial charge in [0.2, 0.25) is 0 Å². The van der Waals surface area contributed by atoms with Crippen LogP contribution in [0.3, 0.4) is 0 Å². The summed E-state index contributed by atoms with van der Waals surface area (Å²) in [6, 6.07) is 18.4. The van der Waals surface area contributed by atoms with E-state index in [1.165, 1.54) is 56.2 Å². The van der Waals surface area contributed by atoms with E-state index in [-0.39, 0.29) is 8.07 Å². The number of rotatable bonds is 9. The first-order valence-corrected chi connectivity index (χ1v) is 14.3. The largest absolute Gasteiger partial charge is 0.252 e. The molecule has 2 aromatic carbocycles. The van der Waals surface area contributed by atoms with Crippen LogP contribution in [-0.2, 0) is 0 Å². The van der Waals surface area contributed by atoms with Crippen LogP contribution in [0.2, 0.25) is 0 Å². The Morgan fingerprint density at radius 1 is 0.828 bits per heavy atom. The molecule has 1 fully saturated rings. The summed E-state index contributed by atoms with van der Waals surface area (Å²) < 4.78 is 3.06. The summed E-state index contributed by atoms with van der Waals surface area (Å²) in [6.45, 7) is 13.1. The standard InChI is InChI=1S/C26H39NP2/c1-6-9-20-27(28-23(7-2)18-19-24(28)8-3)29(25-16-12-10-14-21(25)4)26-17-13-11-15-22(26)5/h10-17,23-24H,6-9,18-20H2,1-5H3/t23-,24?,28?/m1/s1. The van der Waals surface area contributed by atoms with Crippen molar-refractivity contribution in [3.05, 3.63) is 59.7 Å². The van der Waals surface area contributed by atoms with Gasteiger partial charge in [0, 0.05) is 14.6 Å². The molecule has 158 valence electrons. The van der Waals surface area contributed by atoms with Gasteiger partial charge in [-0.15, -0.1) is 0 Å². The minimum atomic E-state index is -0.481. The van der Waals surface area contributed by atoms with Crippen LogP contribution >= 0.6 is 16.1 Å². The molecule has 29 heavy (non-hydrogen) atoms. The van der Waals surface area contributed by atoms with Crippen molar-refractivity contribution >= 4 is 26.8 Å². The third-order valence-corrected chi connectivity index (χ3v) is 13.6. The SMILES string of the molecule is CCCCN(P(c1ccccc1C)c1ccccc1C)P1C(CC)CC[C@H]1CC. The van der Waals surface area contributed by atoms with Crippen LogP contribution < -0.4 is 10.6 Å². The molecule has 1 heterocycles. The second-order valence-corrected chi connectivity index (χ2v) is 13.5. The topological polar surface area (TPSA) is 3.24 Å². The van der Waals surface area contributed by atoms with Crippen LogP contribution in [0.25, 0.3) is 0 Å². The van der Waals surface area contributed by atoms with Crippen molar-refractivity contribution in [2.45, 2.75) is 84.5 Å². The summed E-state index contributed by atoms with van der Waals surface area (Å²) in [4.78, 5) is 0. The monoisotopic (exact) mass is 427 g/mol. The highest BCUT2D eigenvalue weighted by Gasteiger charge is 2.41. The summed E-state index contributed by atoms with van der Waals surface area (Å²) in [7, 11) is -0.578. The molecule has 0 bridgehead atoms. The lowest BCUT2D eigenvalue weighted by Gasteiger charge is -2.43. The van der Waals surface area contributed by atoms with E-state index in [1.807, 2.05) is 0 Å². The lowest BCUT2D eigenvalue weighted by molar-refractivity contribution is 0.627. The van der Waals surface area contributed by atoms with E-state index < -0.39 is 8.07 Å². The number of unbranched alkanes of at least 4 members (excludes halogenated alkanes) is 1. The van der Waals surface area contributed by atoms with Crippen molar-refractivity contribution in [3.63, 3.8) is 0 Å². The molecule has 0 aliphatic carbocycles. The van der Waals surface area contributed by atoms with Crippen LogP contribution in [0, 0.1) is 13.8 Å². The zero-order chi connectivity index (χ0) is 20.8. The van der Waals surface area contributed by atoms with Gasteiger partial charge >= 0.3 is 0 Å². The fourth-order valence-corrected chi connectivity index (χ4v) is 12.7. The Labute approximate surface area is 181 Å². The summed E-state index contributed by atoms with van der Waals surface area (Å²) in [5.41, 5.74) is 4.73. The Balaban J connectivity index is 2.15. The van der Waals surface area contributed by atoms with E-state index in [2.05, 4.69) is 87.6 Å². The van der Waals surface area contributed by atoms with Crippen molar-refractivity contribution in [2.75, 3.05) is 6.54 Å². The molecule has 2 aromatic rings. The first-order valence-electron chi connectivity index (χ1n) is 11.6.